The van der Waals surface area contributed by atoms with Crippen molar-refractivity contribution in [2.24, 2.45) is 11.8 Å². The summed E-state index contributed by atoms with van der Waals surface area (Å²) >= 11 is 3.15. The van der Waals surface area contributed by atoms with Gasteiger partial charge in [-0.15, -0.1) is 11.8 Å². The Labute approximate surface area is 234 Å². The van der Waals surface area contributed by atoms with Gasteiger partial charge in [-0.3, -0.25) is 9.69 Å². The summed E-state index contributed by atoms with van der Waals surface area (Å²) in [6.45, 7) is 10.0. The lowest BCUT2D eigenvalue weighted by Gasteiger charge is -2.26. The van der Waals surface area contributed by atoms with Crippen molar-refractivity contribution in [1.82, 2.24) is 9.29 Å². The summed E-state index contributed by atoms with van der Waals surface area (Å²) in [7, 11) is -3.67. The zero-order valence-corrected chi connectivity index (χ0v) is 25.2. The number of amides is 1. The van der Waals surface area contributed by atoms with Crippen molar-refractivity contribution in [1.29, 1.82) is 0 Å². The Morgan fingerprint density at radius 1 is 1.11 bits per heavy atom. The minimum absolute atomic E-state index is 0.0482. The normalized spacial score (nSPS) is 16.3. The summed E-state index contributed by atoms with van der Waals surface area (Å²) < 4.78 is 35.3. The summed E-state index contributed by atoms with van der Waals surface area (Å²) in [5.41, 5.74) is 1.27. The van der Waals surface area contributed by atoms with Gasteiger partial charge in [-0.05, 0) is 73.4 Å². The molecule has 38 heavy (non-hydrogen) atoms. The van der Waals surface area contributed by atoms with E-state index < -0.39 is 10.0 Å². The Hall–Kier alpha value is -1.98. The molecule has 1 saturated heterocycles. The maximum atomic E-state index is 13.8. The number of ether oxygens (including phenoxy) is 1. The van der Waals surface area contributed by atoms with E-state index in [9.17, 15) is 13.2 Å². The average molecular weight is 576 g/mol. The minimum Gasteiger partial charge on any atom is -0.376 e. The smallest absolute Gasteiger partial charge is 0.260 e. The van der Waals surface area contributed by atoms with Crippen molar-refractivity contribution in [3.8, 4) is 0 Å². The zero-order chi connectivity index (χ0) is 27.4. The van der Waals surface area contributed by atoms with E-state index in [0.29, 0.717) is 36.9 Å². The van der Waals surface area contributed by atoms with Gasteiger partial charge in [0, 0.05) is 30.2 Å². The highest BCUT2D eigenvalue weighted by molar-refractivity contribution is 7.98. The number of rotatable bonds is 11. The zero-order valence-electron chi connectivity index (χ0n) is 22.7. The Balaban J connectivity index is 1.63. The lowest BCUT2D eigenvalue weighted by molar-refractivity contribution is 0.0917. The third-order valence-corrected chi connectivity index (χ3v) is 9.96. The Bertz CT molecular complexity index is 1340. The fourth-order valence-electron chi connectivity index (χ4n) is 4.53. The van der Waals surface area contributed by atoms with E-state index >= 15 is 0 Å². The molecule has 1 aliphatic heterocycles. The van der Waals surface area contributed by atoms with E-state index in [-0.39, 0.29) is 28.7 Å². The summed E-state index contributed by atoms with van der Waals surface area (Å²) in [6.07, 6.45) is 3.85. The lowest BCUT2D eigenvalue weighted by Crippen LogP contribution is -2.38. The van der Waals surface area contributed by atoms with Crippen molar-refractivity contribution < 1.29 is 17.9 Å². The number of hydrogen-bond donors (Lipinski definition) is 0. The van der Waals surface area contributed by atoms with E-state index in [2.05, 4.69) is 6.07 Å². The molecule has 0 bridgehead atoms. The first-order valence-corrected chi connectivity index (χ1v) is 16.5. The number of thiazole rings is 1. The van der Waals surface area contributed by atoms with Crippen LogP contribution in [0.25, 0.3) is 10.2 Å². The average Bonchev–Trinajstić information content (AvgIpc) is 3.55. The number of carbonyl (C=O) groups excluding carboxylic acids is 1. The fraction of sp³-hybridized carbons (Fsp3) is 0.500. The molecule has 1 atom stereocenters. The van der Waals surface area contributed by atoms with Gasteiger partial charge in [0.2, 0.25) is 10.0 Å². The van der Waals surface area contributed by atoms with Gasteiger partial charge < -0.3 is 4.74 Å². The van der Waals surface area contributed by atoms with Crippen LogP contribution < -0.4 is 4.90 Å². The number of sulfonamides is 1. The molecule has 7 nitrogen and oxygen atoms in total. The highest BCUT2D eigenvalue weighted by atomic mass is 32.2. The summed E-state index contributed by atoms with van der Waals surface area (Å²) in [5, 5.41) is 0.621. The van der Waals surface area contributed by atoms with Crippen molar-refractivity contribution in [3.63, 3.8) is 0 Å². The van der Waals surface area contributed by atoms with Crippen molar-refractivity contribution in [2.75, 3.05) is 37.4 Å². The third-order valence-electron chi connectivity index (χ3n) is 6.35. The molecule has 0 saturated carbocycles. The number of benzene rings is 2. The molecule has 1 amide bonds. The van der Waals surface area contributed by atoms with Gasteiger partial charge in [0.25, 0.3) is 5.91 Å². The Kier molecular flexibility index (Phi) is 9.52. The van der Waals surface area contributed by atoms with Crippen molar-refractivity contribution in [2.45, 2.75) is 56.4 Å². The number of carbonyl (C=O) groups is 1. The van der Waals surface area contributed by atoms with Crippen LogP contribution in [0.5, 0.6) is 0 Å². The highest BCUT2D eigenvalue weighted by Gasteiger charge is 2.29. The third kappa shape index (κ3) is 6.77. The van der Waals surface area contributed by atoms with E-state index in [1.165, 1.54) is 11.3 Å². The number of thioether (sulfide) groups is 1. The molecule has 2 heterocycles. The fourth-order valence-corrected chi connectivity index (χ4v) is 7.83. The molecule has 10 heteroatoms. The van der Waals surface area contributed by atoms with Crippen LogP contribution >= 0.6 is 23.1 Å². The molecule has 4 rings (SSSR count). The molecule has 1 aromatic heterocycles. The number of fused-ring (bicyclic) bond motifs is 1. The maximum Gasteiger partial charge on any atom is 0.260 e. The molecule has 1 fully saturated rings. The van der Waals surface area contributed by atoms with E-state index in [1.54, 1.807) is 45.2 Å². The molecular formula is C28H37N3O4S3. The van der Waals surface area contributed by atoms with Crippen LogP contribution in [0.1, 0.15) is 50.9 Å². The van der Waals surface area contributed by atoms with Gasteiger partial charge in [0.05, 0.1) is 27.8 Å². The summed E-state index contributed by atoms with van der Waals surface area (Å²) in [6, 6.07) is 12.4. The predicted molar refractivity (Wildman–Crippen MR) is 157 cm³/mol. The summed E-state index contributed by atoms with van der Waals surface area (Å²) in [5.74, 6) is 0.197. The first-order valence-electron chi connectivity index (χ1n) is 13.1. The predicted octanol–water partition coefficient (Wildman–Crippen LogP) is 6.15. The van der Waals surface area contributed by atoms with Crippen molar-refractivity contribution in [3.05, 3.63) is 48.0 Å². The van der Waals surface area contributed by atoms with E-state index in [4.69, 9.17) is 9.72 Å². The second kappa shape index (κ2) is 12.5. The van der Waals surface area contributed by atoms with Gasteiger partial charge in [-0.1, -0.05) is 39.0 Å². The maximum absolute atomic E-state index is 13.8. The minimum atomic E-state index is -3.67. The van der Waals surface area contributed by atoms with Gasteiger partial charge in [-0.25, -0.2) is 13.4 Å². The molecule has 1 unspecified atom stereocenters. The van der Waals surface area contributed by atoms with Crippen LogP contribution in [-0.2, 0) is 14.8 Å². The molecule has 2 aromatic carbocycles. The van der Waals surface area contributed by atoms with E-state index in [1.807, 2.05) is 46.1 Å². The number of anilines is 1. The summed E-state index contributed by atoms with van der Waals surface area (Å²) in [4.78, 5) is 21.6. The molecule has 0 aliphatic carbocycles. The molecule has 0 spiro atoms. The van der Waals surface area contributed by atoms with Crippen LogP contribution in [0.3, 0.4) is 0 Å². The monoisotopic (exact) mass is 575 g/mol. The lowest BCUT2D eigenvalue weighted by atomic mass is 10.2. The van der Waals surface area contributed by atoms with Gasteiger partial charge in [-0.2, -0.15) is 4.31 Å². The Morgan fingerprint density at radius 2 is 1.79 bits per heavy atom. The number of nitrogens with zero attached hydrogens (tertiary/aromatic N) is 3. The van der Waals surface area contributed by atoms with Gasteiger partial charge >= 0.3 is 0 Å². The number of hydrogen-bond acceptors (Lipinski definition) is 7. The SMILES string of the molecule is CSc1ccc2nc(N(CC3CCCO3)C(=O)c3ccc(S(=O)(=O)N(CC(C)C)CC(C)C)cc3)sc2c1. The second-order valence-corrected chi connectivity index (χ2v) is 14.3. The van der Waals surface area contributed by atoms with E-state index in [0.717, 1.165) is 28.0 Å². The molecule has 0 N–H and O–H groups in total. The van der Waals surface area contributed by atoms with Crippen LogP contribution in [0.2, 0.25) is 0 Å². The van der Waals surface area contributed by atoms with Crippen LogP contribution in [0.4, 0.5) is 5.13 Å². The van der Waals surface area contributed by atoms with Gasteiger partial charge in [0.1, 0.15) is 0 Å². The molecule has 1 aliphatic rings. The topological polar surface area (TPSA) is 79.8 Å². The molecule has 3 aromatic rings. The molecule has 206 valence electrons. The highest BCUT2D eigenvalue weighted by Crippen LogP contribution is 2.33. The first kappa shape index (κ1) is 29.0. The second-order valence-electron chi connectivity index (χ2n) is 10.5. The number of aromatic nitrogens is 1. The molecular weight excluding hydrogens is 539 g/mol. The van der Waals surface area contributed by atoms with Crippen LogP contribution in [0.15, 0.2) is 52.3 Å². The van der Waals surface area contributed by atoms with Crippen molar-refractivity contribution >= 4 is 54.4 Å². The standard InChI is InChI=1S/C28H37N3O4S3/c1-19(2)16-30(17-20(3)4)38(33,34)24-11-8-21(9-12-24)27(32)31(18-22-7-6-14-35-22)28-29-25-13-10-23(36-5)15-26(25)37-28/h8-13,15,19-20,22H,6-7,14,16-18H2,1-5H3. The van der Waals surface area contributed by atoms with Crippen LogP contribution in [-0.4, -0.2) is 62.2 Å². The largest absolute Gasteiger partial charge is 0.376 e. The first-order chi connectivity index (χ1) is 18.1. The van der Waals surface area contributed by atoms with Gasteiger partial charge in [0.15, 0.2) is 5.13 Å². The quantitative estimate of drug-likeness (QED) is 0.255. The molecule has 0 radical (unpaired) electrons. The van der Waals surface area contributed by atoms with Crippen LogP contribution in [0, 0.1) is 11.8 Å². The Morgan fingerprint density at radius 3 is 2.37 bits per heavy atom.